The molecule has 0 fully saturated rings. The van der Waals surface area contributed by atoms with Crippen molar-refractivity contribution in [2.75, 3.05) is 13.1 Å². The highest BCUT2D eigenvalue weighted by Gasteiger charge is 2.24. The van der Waals surface area contributed by atoms with E-state index in [1.165, 1.54) is 11.1 Å². The van der Waals surface area contributed by atoms with Crippen molar-refractivity contribution in [3.63, 3.8) is 0 Å². The zero-order chi connectivity index (χ0) is 13.8. The fraction of sp³-hybridized carbons (Fsp3) is 0.533. The third-order valence-electron chi connectivity index (χ3n) is 3.48. The van der Waals surface area contributed by atoms with Crippen molar-refractivity contribution in [1.29, 1.82) is 0 Å². The number of rotatable bonds is 5. The molecule has 0 saturated heterocycles. The number of carboxylic acid groups (broad SMARTS) is 1. The molecule has 2 rings (SSSR count). The van der Waals surface area contributed by atoms with Crippen LogP contribution in [0.1, 0.15) is 25.0 Å². The molecule has 1 atom stereocenters. The van der Waals surface area contributed by atoms with Gasteiger partial charge in [0.15, 0.2) is 0 Å². The number of benzene rings is 1. The molecule has 1 aliphatic heterocycles. The Balaban J connectivity index is 1.98. The van der Waals surface area contributed by atoms with Crippen molar-refractivity contribution in [1.82, 2.24) is 10.2 Å². The summed E-state index contributed by atoms with van der Waals surface area (Å²) in [4.78, 5) is 13.5. The second-order valence-corrected chi connectivity index (χ2v) is 5.47. The second kappa shape index (κ2) is 6.17. The highest BCUT2D eigenvalue weighted by molar-refractivity contribution is 5.73. The predicted molar refractivity (Wildman–Crippen MR) is 75.1 cm³/mol. The topological polar surface area (TPSA) is 52.6 Å². The zero-order valence-corrected chi connectivity index (χ0v) is 11.6. The Morgan fingerprint density at radius 3 is 2.68 bits per heavy atom. The Hall–Kier alpha value is -1.39. The van der Waals surface area contributed by atoms with Gasteiger partial charge in [-0.3, -0.25) is 9.69 Å². The maximum Gasteiger partial charge on any atom is 0.322 e. The van der Waals surface area contributed by atoms with Crippen LogP contribution in [-0.2, 0) is 17.8 Å². The quantitative estimate of drug-likeness (QED) is 0.844. The molecule has 1 aromatic rings. The molecule has 0 aromatic heterocycles. The normalized spacial score (nSPS) is 17.2. The summed E-state index contributed by atoms with van der Waals surface area (Å²) in [6.07, 6.45) is 1.00. The summed E-state index contributed by atoms with van der Waals surface area (Å²) in [6, 6.07) is 8.09. The summed E-state index contributed by atoms with van der Waals surface area (Å²) in [7, 11) is 0. The Morgan fingerprint density at radius 1 is 1.37 bits per heavy atom. The third-order valence-corrected chi connectivity index (χ3v) is 3.48. The smallest absolute Gasteiger partial charge is 0.322 e. The van der Waals surface area contributed by atoms with E-state index in [1.807, 2.05) is 19.9 Å². The molecular formula is C15H22N2O2. The van der Waals surface area contributed by atoms with Crippen molar-refractivity contribution >= 4 is 5.97 Å². The van der Waals surface area contributed by atoms with Gasteiger partial charge in [-0.15, -0.1) is 0 Å². The van der Waals surface area contributed by atoms with Gasteiger partial charge >= 0.3 is 5.97 Å². The molecule has 0 radical (unpaired) electrons. The van der Waals surface area contributed by atoms with Gasteiger partial charge in [0.2, 0.25) is 0 Å². The molecule has 104 valence electrons. The van der Waals surface area contributed by atoms with Gasteiger partial charge in [-0.2, -0.15) is 0 Å². The Morgan fingerprint density at radius 2 is 2.05 bits per heavy atom. The van der Waals surface area contributed by atoms with E-state index < -0.39 is 12.0 Å². The van der Waals surface area contributed by atoms with E-state index in [9.17, 15) is 9.90 Å². The number of carboxylic acids is 1. The van der Waals surface area contributed by atoms with Crippen LogP contribution in [0.4, 0.5) is 0 Å². The monoisotopic (exact) mass is 262 g/mol. The van der Waals surface area contributed by atoms with Crippen LogP contribution >= 0.6 is 0 Å². The van der Waals surface area contributed by atoms with Crippen LogP contribution < -0.4 is 5.32 Å². The van der Waals surface area contributed by atoms with Crippen molar-refractivity contribution in [2.24, 2.45) is 0 Å². The van der Waals surface area contributed by atoms with Crippen LogP contribution in [0.3, 0.4) is 0 Å². The first kappa shape index (κ1) is 14.0. The molecule has 1 unspecified atom stereocenters. The average Bonchev–Trinajstić information content (AvgIpc) is 2.37. The molecular weight excluding hydrogens is 240 g/mol. The fourth-order valence-corrected chi connectivity index (χ4v) is 2.57. The molecule has 4 heteroatoms. The molecule has 0 aliphatic carbocycles. The number of nitrogens with one attached hydrogen (secondary N) is 1. The lowest BCUT2D eigenvalue weighted by Crippen LogP contribution is -2.49. The van der Waals surface area contributed by atoms with Gasteiger partial charge in [0.25, 0.3) is 0 Å². The minimum atomic E-state index is -0.771. The predicted octanol–water partition coefficient (Wildman–Crippen LogP) is 1.50. The van der Waals surface area contributed by atoms with Gasteiger partial charge in [-0.05, 0) is 17.5 Å². The molecule has 1 heterocycles. The average molecular weight is 262 g/mol. The number of fused-ring (bicyclic) bond motifs is 1. The highest BCUT2D eigenvalue weighted by atomic mass is 16.4. The van der Waals surface area contributed by atoms with E-state index in [2.05, 4.69) is 28.4 Å². The first-order valence-corrected chi connectivity index (χ1v) is 6.84. The molecule has 0 bridgehead atoms. The standard InChI is InChI=1S/C15H22N2O2/c1-11(2)16-14(15(18)19)10-17-8-7-12-5-3-4-6-13(12)9-17/h3-6,11,14,16H,7-10H2,1-2H3,(H,18,19). The van der Waals surface area contributed by atoms with Gasteiger partial charge in [-0.1, -0.05) is 38.1 Å². The van der Waals surface area contributed by atoms with E-state index in [0.29, 0.717) is 6.54 Å². The van der Waals surface area contributed by atoms with E-state index in [4.69, 9.17) is 0 Å². The highest BCUT2D eigenvalue weighted by Crippen LogP contribution is 2.18. The SMILES string of the molecule is CC(C)NC(CN1CCc2ccccc2C1)C(=O)O. The summed E-state index contributed by atoms with van der Waals surface area (Å²) in [6.45, 7) is 6.28. The summed E-state index contributed by atoms with van der Waals surface area (Å²) in [5.74, 6) is -0.771. The van der Waals surface area contributed by atoms with Gasteiger partial charge in [0.1, 0.15) is 6.04 Å². The molecule has 1 aromatic carbocycles. The second-order valence-electron chi connectivity index (χ2n) is 5.47. The molecule has 0 saturated carbocycles. The minimum Gasteiger partial charge on any atom is -0.480 e. The van der Waals surface area contributed by atoms with E-state index in [-0.39, 0.29) is 6.04 Å². The first-order chi connectivity index (χ1) is 9.06. The molecule has 0 amide bonds. The van der Waals surface area contributed by atoms with Crippen molar-refractivity contribution < 1.29 is 9.90 Å². The zero-order valence-electron chi connectivity index (χ0n) is 11.6. The summed E-state index contributed by atoms with van der Waals surface area (Å²) in [5.41, 5.74) is 2.71. The summed E-state index contributed by atoms with van der Waals surface area (Å²) >= 11 is 0. The van der Waals surface area contributed by atoms with Crippen LogP contribution in [-0.4, -0.2) is 41.1 Å². The Bertz CT molecular complexity index is 446. The van der Waals surface area contributed by atoms with Crippen LogP contribution in [0.2, 0.25) is 0 Å². The lowest BCUT2D eigenvalue weighted by molar-refractivity contribution is -0.140. The molecule has 0 spiro atoms. The maximum absolute atomic E-state index is 11.3. The van der Waals surface area contributed by atoms with Gasteiger partial charge < -0.3 is 10.4 Å². The van der Waals surface area contributed by atoms with E-state index in [0.717, 1.165) is 19.5 Å². The van der Waals surface area contributed by atoms with E-state index >= 15 is 0 Å². The van der Waals surface area contributed by atoms with Crippen LogP contribution in [0.25, 0.3) is 0 Å². The van der Waals surface area contributed by atoms with Crippen LogP contribution in [0.5, 0.6) is 0 Å². The van der Waals surface area contributed by atoms with Crippen molar-refractivity contribution in [2.45, 2.75) is 38.9 Å². The van der Waals surface area contributed by atoms with Gasteiger partial charge in [0, 0.05) is 25.7 Å². The largest absolute Gasteiger partial charge is 0.480 e. The van der Waals surface area contributed by atoms with E-state index in [1.54, 1.807) is 0 Å². The number of hydrogen-bond acceptors (Lipinski definition) is 3. The number of hydrogen-bond donors (Lipinski definition) is 2. The number of nitrogens with zero attached hydrogens (tertiary/aromatic N) is 1. The number of aliphatic carboxylic acids is 1. The number of carbonyl (C=O) groups is 1. The third kappa shape index (κ3) is 3.78. The Kier molecular flexibility index (Phi) is 4.56. The first-order valence-electron chi connectivity index (χ1n) is 6.84. The van der Waals surface area contributed by atoms with Crippen LogP contribution in [0.15, 0.2) is 24.3 Å². The van der Waals surface area contributed by atoms with Gasteiger partial charge in [0.05, 0.1) is 0 Å². The minimum absolute atomic E-state index is 0.179. The molecule has 19 heavy (non-hydrogen) atoms. The molecule has 2 N–H and O–H groups in total. The lowest BCUT2D eigenvalue weighted by Gasteiger charge is -2.31. The molecule has 1 aliphatic rings. The van der Waals surface area contributed by atoms with Gasteiger partial charge in [-0.25, -0.2) is 0 Å². The Labute approximate surface area is 114 Å². The molecule has 4 nitrogen and oxygen atoms in total. The summed E-state index contributed by atoms with van der Waals surface area (Å²) in [5, 5.41) is 12.4. The van der Waals surface area contributed by atoms with Crippen LogP contribution in [0, 0.1) is 0 Å². The lowest BCUT2D eigenvalue weighted by atomic mass is 9.99. The van der Waals surface area contributed by atoms with Crippen molar-refractivity contribution in [3.8, 4) is 0 Å². The summed E-state index contributed by atoms with van der Waals surface area (Å²) < 4.78 is 0. The van der Waals surface area contributed by atoms with Crippen molar-refractivity contribution in [3.05, 3.63) is 35.4 Å². The maximum atomic E-state index is 11.3. The fourth-order valence-electron chi connectivity index (χ4n) is 2.57.